The molecule has 0 saturated heterocycles. The molecule has 1 rings (SSSR count). The Balaban J connectivity index is 2.93. The lowest BCUT2D eigenvalue weighted by Crippen LogP contribution is -2.22. The Bertz CT molecular complexity index is 239. The molecule has 3 heteroatoms. The molecule has 1 atom stereocenters. The maximum Gasteiger partial charge on any atom is 0.0566 e. The van der Waals surface area contributed by atoms with Gasteiger partial charge >= 0.3 is 0 Å². The molecule has 0 aromatic heterocycles. The van der Waals surface area contributed by atoms with Gasteiger partial charge < -0.3 is 4.52 Å². The summed E-state index contributed by atoms with van der Waals surface area (Å²) in [6.45, 7) is 2.14. The van der Waals surface area contributed by atoms with Crippen molar-refractivity contribution in [1.29, 1.82) is 0 Å². The van der Waals surface area contributed by atoms with Crippen molar-refractivity contribution < 1.29 is 4.52 Å². The van der Waals surface area contributed by atoms with Gasteiger partial charge in [-0.1, -0.05) is 29.5 Å². The first-order valence-corrected chi connectivity index (χ1v) is 6.30. The van der Waals surface area contributed by atoms with Crippen molar-refractivity contribution in [2.45, 2.75) is 0 Å². The van der Waals surface area contributed by atoms with E-state index in [0.717, 1.165) is 10.2 Å². The van der Waals surface area contributed by atoms with E-state index in [2.05, 4.69) is 30.9 Å². The average Bonchev–Trinajstić information content (AvgIpc) is 2.04. The van der Waals surface area contributed by atoms with Gasteiger partial charge in [0, 0.05) is 22.7 Å². The smallest absolute Gasteiger partial charge is 0.0566 e. The molecule has 1 unspecified atom stereocenters. The van der Waals surface area contributed by atoms with Gasteiger partial charge in [0.15, 0.2) is 0 Å². The summed E-state index contributed by atoms with van der Waals surface area (Å²) in [7, 11) is 2.53. The Morgan fingerprint density at radius 1 is 1.36 bits per heavy atom. The first-order valence-electron chi connectivity index (χ1n) is 3.59. The van der Waals surface area contributed by atoms with Crippen LogP contribution in [0.4, 0.5) is 0 Å². The Labute approximate surface area is 72.0 Å². The molecule has 0 bridgehead atoms. The minimum Gasteiger partial charge on any atom is -0.358 e. The average molecular weight is 184 g/mol. The van der Waals surface area contributed by atoms with Crippen molar-refractivity contribution in [3.63, 3.8) is 0 Å². The van der Waals surface area contributed by atoms with Crippen molar-refractivity contribution in [1.82, 2.24) is 0 Å². The molecular weight excluding hydrogens is 171 g/mol. The topological polar surface area (TPSA) is 9.23 Å². The van der Waals surface area contributed by atoms with E-state index in [1.807, 2.05) is 0 Å². The second-order valence-electron chi connectivity index (χ2n) is 2.47. The van der Waals surface area contributed by atoms with Crippen LogP contribution in [0.5, 0.6) is 0 Å². The zero-order valence-corrected chi connectivity index (χ0v) is 10.1. The summed E-state index contributed by atoms with van der Waals surface area (Å²) in [5, 5.41) is 2.86. The van der Waals surface area contributed by atoms with Crippen LogP contribution in [0.2, 0.25) is 0 Å². The zero-order valence-electron chi connectivity index (χ0n) is 7.16. The summed E-state index contributed by atoms with van der Waals surface area (Å²) < 4.78 is 5.30. The molecule has 60 valence electrons. The van der Waals surface area contributed by atoms with E-state index in [9.17, 15) is 0 Å². The lowest BCUT2D eigenvalue weighted by atomic mass is 10.4. The predicted octanol–water partition coefficient (Wildman–Crippen LogP) is -0.0243. The summed E-state index contributed by atoms with van der Waals surface area (Å²) in [4.78, 5) is 0. The third-order valence-electron chi connectivity index (χ3n) is 1.73. The zero-order chi connectivity index (χ0) is 8.27. The highest BCUT2D eigenvalue weighted by Crippen LogP contribution is 2.27. The highest BCUT2D eigenvalue weighted by atomic mass is 31.1. The minimum absolute atomic E-state index is 0.360. The van der Waals surface area contributed by atoms with Gasteiger partial charge in [0.05, 0.1) is 8.15 Å². The van der Waals surface area contributed by atoms with Gasteiger partial charge in [-0.05, 0) is 6.66 Å². The predicted molar refractivity (Wildman–Crippen MR) is 55.5 cm³/mol. The molecule has 0 N–H and O–H groups in total. The Morgan fingerprint density at radius 3 is 2.55 bits per heavy atom. The second kappa shape index (κ2) is 4.00. The number of hydrogen-bond acceptors (Lipinski definition) is 1. The molecule has 11 heavy (non-hydrogen) atoms. The van der Waals surface area contributed by atoms with Gasteiger partial charge in [-0.2, -0.15) is 0 Å². The maximum absolute atomic E-state index is 5.30. The highest BCUT2D eigenvalue weighted by Gasteiger charge is 2.04. The van der Waals surface area contributed by atoms with Crippen LogP contribution < -0.4 is 10.5 Å². The molecule has 0 aliphatic heterocycles. The molecule has 0 aliphatic carbocycles. The number of hydrogen-bond donors (Lipinski definition) is 0. The van der Waals surface area contributed by atoms with Gasteiger partial charge in [0.1, 0.15) is 0 Å². The van der Waals surface area contributed by atoms with E-state index in [0.29, 0.717) is 0 Å². The first kappa shape index (κ1) is 8.92. The fourth-order valence-corrected chi connectivity index (χ4v) is 3.38. The molecule has 1 nitrogen and oxygen atoms in total. The van der Waals surface area contributed by atoms with Crippen molar-refractivity contribution in [3.05, 3.63) is 24.3 Å². The quantitative estimate of drug-likeness (QED) is 0.463. The molecule has 0 fully saturated rings. The van der Waals surface area contributed by atoms with Crippen LogP contribution in [0.3, 0.4) is 0 Å². The van der Waals surface area contributed by atoms with E-state index in [1.54, 1.807) is 7.11 Å². The van der Waals surface area contributed by atoms with E-state index < -0.39 is 0 Å². The van der Waals surface area contributed by atoms with Gasteiger partial charge in [-0.3, -0.25) is 0 Å². The van der Waals surface area contributed by atoms with Crippen LogP contribution in [0.25, 0.3) is 0 Å². The lowest BCUT2D eigenvalue weighted by Gasteiger charge is -2.11. The lowest BCUT2D eigenvalue weighted by molar-refractivity contribution is 0.471. The molecular formula is C8H13OPSi. The molecule has 0 heterocycles. The van der Waals surface area contributed by atoms with Crippen LogP contribution in [0.15, 0.2) is 24.3 Å². The van der Waals surface area contributed by atoms with Crippen LogP contribution in [-0.4, -0.2) is 24.0 Å². The van der Waals surface area contributed by atoms with Crippen molar-refractivity contribution in [2.75, 3.05) is 13.8 Å². The van der Waals surface area contributed by atoms with Gasteiger partial charge in [-0.15, -0.1) is 0 Å². The fraction of sp³-hybridized carbons (Fsp3) is 0.250. The van der Waals surface area contributed by atoms with E-state index in [1.165, 1.54) is 10.5 Å². The molecule has 0 aliphatic rings. The van der Waals surface area contributed by atoms with Crippen LogP contribution in [-0.2, 0) is 4.52 Å². The highest BCUT2D eigenvalue weighted by molar-refractivity contribution is 7.60. The fourth-order valence-electron chi connectivity index (χ4n) is 1.02. The summed E-state index contributed by atoms with van der Waals surface area (Å²) in [5.41, 5.74) is 0. The van der Waals surface area contributed by atoms with Crippen LogP contribution in [0.1, 0.15) is 0 Å². The van der Waals surface area contributed by atoms with Gasteiger partial charge in [0.25, 0.3) is 0 Å². The third kappa shape index (κ3) is 2.13. The second-order valence-corrected chi connectivity index (χ2v) is 5.39. The van der Waals surface area contributed by atoms with Gasteiger partial charge in [-0.25, -0.2) is 0 Å². The largest absolute Gasteiger partial charge is 0.358 e. The first-order chi connectivity index (χ1) is 5.25. The molecule has 0 radical (unpaired) electrons. The van der Waals surface area contributed by atoms with Crippen molar-refractivity contribution in [2.24, 2.45) is 0 Å². The molecule has 0 saturated carbocycles. The van der Waals surface area contributed by atoms with Gasteiger partial charge in [0.2, 0.25) is 0 Å². The number of benzene rings is 1. The van der Waals surface area contributed by atoms with Crippen molar-refractivity contribution >= 4 is 28.9 Å². The Morgan fingerprint density at radius 2 is 2.00 bits per heavy atom. The summed E-state index contributed by atoms with van der Waals surface area (Å²) in [6, 6.07) is 8.51. The summed E-state index contributed by atoms with van der Waals surface area (Å²) in [5.74, 6) is 0. The Kier molecular flexibility index (Phi) is 3.25. The third-order valence-corrected chi connectivity index (χ3v) is 4.75. The summed E-state index contributed by atoms with van der Waals surface area (Å²) in [6.07, 6.45) is 0. The normalized spacial score (nSPS) is 13.3. The molecule has 0 amide bonds. The molecule has 1 aromatic carbocycles. The monoisotopic (exact) mass is 184 g/mol. The van der Waals surface area contributed by atoms with Crippen LogP contribution >= 0.6 is 8.15 Å². The van der Waals surface area contributed by atoms with E-state index >= 15 is 0 Å². The van der Waals surface area contributed by atoms with E-state index in [4.69, 9.17) is 4.52 Å². The maximum atomic E-state index is 5.30. The summed E-state index contributed by atoms with van der Waals surface area (Å²) >= 11 is 0. The SMILES string of the molecule is COP(C)c1ccccc1[SiH3]. The molecule has 1 aromatic rings. The standard InChI is InChI=1S/C8H13OPSi/c1-9-10(2)7-5-3-4-6-8(7)11/h3-6H,1-2,11H3. The number of rotatable bonds is 2. The molecule has 0 spiro atoms. The van der Waals surface area contributed by atoms with Crippen molar-refractivity contribution in [3.8, 4) is 0 Å². The Hall–Kier alpha value is -0.173. The minimum atomic E-state index is -0.360. The van der Waals surface area contributed by atoms with Crippen LogP contribution in [0, 0.1) is 0 Å². The van der Waals surface area contributed by atoms with E-state index in [-0.39, 0.29) is 8.15 Å².